The average molecular weight is 362 g/mol. The van der Waals surface area contributed by atoms with Gasteiger partial charge in [-0.2, -0.15) is 8.42 Å². The van der Waals surface area contributed by atoms with E-state index in [9.17, 15) is 22.8 Å². The van der Waals surface area contributed by atoms with Gasteiger partial charge in [0.25, 0.3) is 10.1 Å². The van der Waals surface area contributed by atoms with Crippen molar-refractivity contribution < 1.29 is 31.2 Å². The van der Waals surface area contributed by atoms with Crippen LogP contribution in [0.15, 0.2) is 24.3 Å². The molecule has 2 aliphatic rings. The van der Waals surface area contributed by atoms with Gasteiger partial charge in [0.05, 0.1) is 30.7 Å². The number of hydrogen-bond donors (Lipinski definition) is 2. The standard InChI is InChI=1S/C14H18O7S2/c15-13(11-5-7-20-22(11)17)9-1-3-10(4-2-9)14(16)12-6-8-21-23(12,18)19/h1-4,11-16H,5-8H2. The Kier molecular flexibility index (Phi) is 4.86. The minimum atomic E-state index is -3.74. The molecule has 2 aliphatic heterocycles. The predicted molar refractivity (Wildman–Crippen MR) is 82.1 cm³/mol. The summed E-state index contributed by atoms with van der Waals surface area (Å²) in [5.74, 6) is 0. The highest BCUT2D eigenvalue weighted by molar-refractivity contribution is 7.87. The zero-order valence-electron chi connectivity index (χ0n) is 12.2. The van der Waals surface area contributed by atoms with Gasteiger partial charge in [0.1, 0.15) is 5.25 Å². The molecular weight excluding hydrogens is 344 g/mol. The molecule has 7 nitrogen and oxygen atoms in total. The zero-order chi connectivity index (χ0) is 16.6. The summed E-state index contributed by atoms with van der Waals surface area (Å²) >= 11 is -1.51. The molecule has 0 aliphatic carbocycles. The molecule has 0 amide bonds. The van der Waals surface area contributed by atoms with Crippen molar-refractivity contribution in [2.45, 2.75) is 35.5 Å². The topological polar surface area (TPSA) is 110 Å². The summed E-state index contributed by atoms with van der Waals surface area (Å²) in [7, 11) is -3.74. The van der Waals surface area contributed by atoms with E-state index in [1.807, 2.05) is 0 Å². The van der Waals surface area contributed by atoms with Crippen LogP contribution in [-0.2, 0) is 29.6 Å². The molecule has 2 fully saturated rings. The Hall–Kier alpha value is -0.840. The van der Waals surface area contributed by atoms with Gasteiger partial charge < -0.3 is 10.2 Å². The summed E-state index contributed by atoms with van der Waals surface area (Å²) in [6, 6.07) is 6.33. The van der Waals surface area contributed by atoms with Gasteiger partial charge in [-0.3, -0.25) is 8.37 Å². The summed E-state index contributed by atoms with van der Waals surface area (Å²) in [4.78, 5) is 0. The molecule has 0 bridgehead atoms. The van der Waals surface area contributed by atoms with Gasteiger partial charge in [0, 0.05) is 0 Å². The smallest absolute Gasteiger partial charge is 0.273 e. The van der Waals surface area contributed by atoms with Crippen molar-refractivity contribution in [3.63, 3.8) is 0 Å². The van der Waals surface area contributed by atoms with Crippen LogP contribution < -0.4 is 0 Å². The maximum absolute atomic E-state index is 11.7. The Morgan fingerprint density at radius 3 is 2.13 bits per heavy atom. The first-order valence-electron chi connectivity index (χ1n) is 7.28. The third-order valence-electron chi connectivity index (χ3n) is 4.19. The normalized spacial score (nSPS) is 32.7. The molecule has 0 radical (unpaired) electrons. The predicted octanol–water partition coefficient (Wildman–Crippen LogP) is 0.325. The lowest BCUT2D eigenvalue weighted by molar-refractivity contribution is 0.167. The van der Waals surface area contributed by atoms with E-state index in [-0.39, 0.29) is 13.0 Å². The first kappa shape index (κ1) is 17.0. The van der Waals surface area contributed by atoms with Gasteiger partial charge in [-0.25, -0.2) is 4.21 Å². The molecule has 0 spiro atoms. The summed E-state index contributed by atoms with van der Waals surface area (Å²) < 4.78 is 44.6. The van der Waals surface area contributed by atoms with Crippen LogP contribution in [0.3, 0.4) is 0 Å². The van der Waals surface area contributed by atoms with E-state index in [1.54, 1.807) is 24.3 Å². The molecule has 1 aromatic carbocycles. The fourth-order valence-electron chi connectivity index (χ4n) is 2.84. The molecule has 9 heteroatoms. The summed E-state index contributed by atoms with van der Waals surface area (Å²) in [6.07, 6.45) is -1.36. The van der Waals surface area contributed by atoms with Crippen LogP contribution in [0.2, 0.25) is 0 Å². The lowest BCUT2D eigenvalue weighted by atomic mass is 9.99. The SMILES string of the molecule is O=S1OCCC1C(O)c1ccc(C(O)C2CCOS2(=O)=O)cc1. The van der Waals surface area contributed by atoms with Crippen molar-refractivity contribution in [2.75, 3.05) is 13.2 Å². The van der Waals surface area contributed by atoms with E-state index >= 15 is 0 Å². The van der Waals surface area contributed by atoms with Crippen molar-refractivity contribution in [1.82, 2.24) is 0 Å². The second-order valence-corrected chi connectivity index (χ2v) is 8.80. The van der Waals surface area contributed by atoms with Crippen LogP contribution in [0.1, 0.15) is 36.2 Å². The zero-order valence-corrected chi connectivity index (χ0v) is 13.8. The first-order chi connectivity index (χ1) is 10.9. The number of aliphatic hydroxyl groups excluding tert-OH is 2. The maximum atomic E-state index is 11.7. The largest absolute Gasteiger partial charge is 0.387 e. The second kappa shape index (κ2) is 6.58. The Morgan fingerprint density at radius 2 is 1.65 bits per heavy atom. The molecule has 5 atom stereocenters. The van der Waals surface area contributed by atoms with E-state index < -0.39 is 43.9 Å². The summed E-state index contributed by atoms with van der Waals surface area (Å²) in [5, 5.41) is 19.1. The van der Waals surface area contributed by atoms with E-state index in [4.69, 9.17) is 4.18 Å². The number of rotatable bonds is 4. The maximum Gasteiger partial charge on any atom is 0.273 e. The molecule has 2 saturated heterocycles. The Morgan fingerprint density at radius 1 is 1.04 bits per heavy atom. The van der Waals surface area contributed by atoms with Gasteiger partial charge in [-0.1, -0.05) is 24.3 Å². The minimum Gasteiger partial charge on any atom is -0.387 e. The molecule has 5 unspecified atom stereocenters. The van der Waals surface area contributed by atoms with Crippen molar-refractivity contribution in [1.29, 1.82) is 0 Å². The highest BCUT2D eigenvalue weighted by atomic mass is 32.2. The van der Waals surface area contributed by atoms with E-state index in [1.165, 1.54) is 0 Å². The van der Waals surface area contributed by atoms with Crippen LogP contribution in [-0.4, -0.2) is 46.6 Å². The van der Waals surface area contributed by atoms with Crippen LogP contribution in [0.4, 0.5) is 0 Å². The molecule has 3 rings (SSSR count). The van der Waals surface area contributed by atoms with Gasteiger partial charge in [0.2, 0.25) is 0 Å². The number of aliphatic hydroxyl groups is 2. The highest BCUT2D eigenvalue weighted by Crippen LogP contribution is 2.32. The van der Waals surface area contributed by atoms with Gasteiger partial charge in [-0.05, 0) is 24.0 Å². The lowest BCUT2D eigenvalue weighted by Crippen LogP contribution is -2.24. The van der Waals surface area contributed by atoms with Crippen molar-refractivity contribution in [2.24, 2.45) is 0 Å². The van der Waals surface area contributed by atoms with Crippen LogP contribution in [0.25, 0.3) is 0 Å². The molecule has 0 saturated carbocycles. The van der Waals surface area contributed by atoms with E-state index in [2.05, 4.69) is 4.18 Å². The molecule has 0 aromatic heterocycles. The molecule has 2 N–H and O–H groups in total. The Bertz CT molecular complexity index is 686. The van der Waals surface area contributed by atoms with Gasteiger partial charge in [-0.15, -0.1) is 0 Å². The average Bonchev–Trinajstić information content (AvgIpc) is 3.11. The van der Waals surface area contributed by atoms with Crippen molar-refractivity contribution >= 4 is 21.2 Å². The first-order valence-corrected chi connectivity index (χ1v) is 9.89. The van der Waals surface area contributed by atoms with Crippen LogP contribution >= 0.6 is 0 Å². The van der Waals surface area contributed by atoms with E-state index in [0.717, 1.165) is 0 Å². The molecule has 1 aromatic rings. The summed E-state index contributed by atoms with van der Waals surface area (Å²) in [5.41, 5.74) is 0.985. The Labute approximate surface area is 137 Å². The van der Waals surface area contributed by atoms with Crippen molar-refractivity contribution in [3.05, 3.63) is 35.4 Å². The number of hydrogen-bond acceptors (Lipinski definition) is 7. The second-order valence-electron chi connectivity index (χ2n) is 5.61. The highest BCUT2D eigenvalue weighted by Gasteiger charge is 2.39. The summed E-state index contributed by atoms with van der Waals surface area (Å²) in [6.45, 7) is 0.430. The molecule has 23 heavy (non-hydrogen) atoms. The lowest BCUT2D eigenvalue weighted by Gasteiger charge is -2.19. The fourth-order valence-corrected chi connectivity index (χ4v) is 5.29. The fraction of sp³-hybridized carbons (Fsp3) is 0.571. The third-order valence-corrected chi connectivity index (χ3v) is 7.31. The molecular formula is C14H18O7S2. The monoisotopic (exact) mass is 362 g/mol. The Balaban J connectivity index is 1.75. The minimum absolute atomic E-state index is 0.0777. The molecule has 2 heterocycles. The van der Waals surface area contributed by atoms with Crippen molar-refractivity contribution in [3.8, 4) is 0 Å². The molecule has 128 valence electrons. The number of benzene rings is 1. The van der Waals surface area contributed by atoms with Crippen LogP contribution in [0.5, 0.6) is 0 Å². The van der Waals surface area contributed by atoms with E-state index in [0.29, 0.717) is 24.2 Å². The third kappa shape index (κ3) is 3.35. The quantitative estimate of drug-likeness (QED) is 0.743. The van der Waals surface area contributed by atoms with Crippen LogP contribution in [0, 0.1) is 0 Å². The van der Waals surface area contributed by atoms with Gasteiger partial charge >= 0.3 is 0 Å². The van der Waals surface area contributed by atoms with Gasteiger partial charge in [0.15, 0.2) is 11.1 Å².